The molecule has 0 aliphatic carbocycles. The number of aryl methyl sites for hydroxylation is 1. The fraction of sp³-hybridized carbons (Fsp3) is 0.433. The Morgan fingerprint density at radius 3 is 2.42 bits per heavy atom. The van der Waals surface area contributed by atoms with Crippen molar-refractivity contribution in [2.75, 3.05) is 42.5 Å². The summed E-state index contributed by atoms with van der Waals surface area (Å²) in [4.78, 5) is 39.9. The molecule has 2 aromatic rings. The SMILES string of the molecule is CNN(/C=C(\N)C(=O)NCC(C)(C)C)c1cc(C(=O)Nc2cc3c(cc2OC)N(C(C)=O)CC3(C)C)ccc1C. The van der Waals surface area contributed by atoms with Gasteiger partial charge in [-0.1, -0.05) is 40.7 Å². The van der Waals surface area contributed by atoms with Crippen molar-refractivity contribution in [3.8, 4) is 5.75 Å². The Morgan fingerprint density at radius 1 is 1.18 bits per heavy atom. The number of amides is 3. The van der Waals surface area contributed by atoms with Crippen molar-refractivity contribution in [2.45, 2.75) is 53.9 Å². The number of carbonyl (C=O) groups is 3. The summed E-state index contributed by atoms with van der Waals surface area (Å²) in [5.74, 6) is -0.308. The number of anilines is 3. The van der Waals surface area contributed by atoms with E-state index in [1.54, 1.807) is 35.2 Å². The molecule has 1 aliphatic heterocycles. The molecule has 0 fully saturated rings. The first-order valence-electron chi connectivity index (χ1n) is 13.2. The maximum atomic E-state index is 13.4. The van der Waals surface area contributed by atoms with Crippen LogP contribution < -0.4 is 36.4 Å². The van der Waals surface area contributed by atoms with E-state index in [1.807, 2.05) is 39.8 Å². The molecule has 0 radical (unpaired) electrons. The quantitative estimate of drug-likeness (QED) is 0.291. The van der Waals surface area contributed by atoms with E-state index in [-0.39, 0.29) is 34.2 Å². The van der Waals surface area contributed by atoms with Crippen LogP contribution in [0.4, 0.5) is 17.1 Å². The zero-order chi connectivity index (χ0) is 30.0. The van der Waals surface area contributed by atoms with Crippen LogP contribution >= 0.6 is 0 Å². The van der Waals surface area contributed by atoms with Crippen molar-refractivity contribution in [2.24, 2.45) is 11.1 Å². The van der Waals surface area contributed by atoms with Crippen LogP contribution in [0, 0.1) is 12.3 Å². The van der Waals surface area contributed by atoms with E-state index in [0.717, 1.165) is 16.8 Å². The van der Waals surface area contributed by atoms with E-state index in [9.17, 15) is 14.4 Å². The summed E-state index contributed by atoms with van der Waals surface area (Å²) in [6.07, 6.45) is 1.49. The minimum Gasteiger partial charge on any atom is -0.494 e. The first-order valence-corrected chi connectivity index (χ1v) is 13.2. The summed E-state index contributed by atoms with van der Waals surface area (Å²) in [6.45, 7) is 14.7. The first-order chi connectivity index (χ1) is 18.6. The Morgan fingerprint density at radius 2 is 1.85 bits per heavy atom. The van der Waals surface area contributed by atoms with Crippen LogP contribution in [0.3, 0.4) is 0 Å². The highest BCUT2D eigenvalue weighted by Crippen LogP contribution is 2.45. The molecule has 3 rings (SSSR count). The number of hydrogen-bond donors (Lipinski definition) is 4. The molecular weight excluding hydrogens is 508 g/mol. The molecule has 216 valence electrons. The van der Waals surface area contributed by atoms with Gasteiger partial charge in [0.05, 0.1) is 30.4 Å². The Labute approximate surface area is 236 Å². The van der Waals surface area contributed by atoms with Crippen molar-refractivity contribution in [1.29, 1.82) is 0 Å². The van der Waals surface area contributed by atoms with Gasteiger partial charge in [-0.2, -0.15) is 0 Å². The molecule has 0 saturated heterocycles. The molecule has 0 bridgehead atoms. The molecule has 0 atom stereocenters. The first kappa shape index (κ1) is 30.5. The summed E-state index contributed by atoms with van der Waals surface area (Å²) < 4.78 is 5.58. The Kier molecular flexibility index (Phi) is 8.84. The number of fused-ring (bicyclic) bond motifs is 1. The van der Waals surface area contributed by atoms with Gasteiger partial charge in [0, 0.05) is 44.1 Å². The van der Waals surface area contributed by atoms with E-state index in [2.05, 4.69) is 29.9 Å². The summed E-state index contributed by atoms with van der Waals surface area (Å²) in [5.41, 5.74) is 12.9. The number of carbonyl (C=O) groups excluding carboxylic acids is 3. The zero-order valence-electron chi connectivity index (χ0n) is 25.0. The van der Waals surface area contributed by atoms with Crippen LogP contribution in [0.25, 0.3) is 0 Å². The molecule has 3 amide bonds. The lowest BCUT2D eigenvalue weighted by molar-refractivity contribution is -0.118. The standard InChI is InChI=1S/C30H42N6O4/c1-18-10-11-20(12-24(18)36(32-8)15-22(31)28(39)33-16-29(3,4)5)27(38)34-23-13-21-25(14-26(23)40-9)35(19(2)37)17-30(21,6)7/h10-15,32H,16-17,31H2,1-9H3,(H,33,39)(H,34,38)/b22-15-. The van der Waals surface area contributed by atoms with Crippen LogP contribution in [-0.2, 0) is 15.0 Å². The second kappa shape index (κ2) is 11.6. The number of nitrogens with two attached hydrogens (primary N) is 1. The maximum Gasteiger partial charge on any atom is 0.268 e. The molecule has 1 heterocycles. The fourth-order valence-electron chi connectivity index (χ4n) is 4.55. The number of hydrazine groups is 1. The zero-order valence-corrected chi connectivity index (χ0v) is 25.0. The fourth-order valence-corrected chi connectivity index (χ4v) is 4.55. The summed E-state index contributed by atoms with van der Waals surface area (Å²) in [7, 11) is 3.23. The van der Waals surface area contributed by atoms with Gasteiger partial charge >= 0.3 is 0 Å². The number of ether oxygens (including phenoxy) is 1. The Bertz CT molecular complexity index is 1340. The van der Waals surface area contributed by atoms with Gasteiger partial charge in [0.1, 0.15) is 11.4 Å². The molecule has 1 aliphatic rings. The highest BCUT2D eigenvalue weighted by atomic mass is 16.5. The number of hydrogen-bond acceptors (Lipinski definition) is 7. The van der Waals surface area contributed by atoms with Gasteiger partial charge in [0.2, 0.25) is 5.91 Å². The third-order valence-electron chi connectivity index (χ3n) is 6.80. The van der Waals surface area contributed by atoms with Gasteiger partial charge in [0.25, 0.3) is 11.8 Å². The van der Waals surface area contributed by atoms with Gasteiger partial charge in [-0.25, -0.2) is 5.43 Å². The summed E-state index contributed by atoms with van der Waals surface area (Å²) in [5, 5.41) is 7.41. The predicted octanol–water partition coefficient (Wildman–Crippen LogP) is 3.80. The van der Waals surface area contributed by atoms with Gasteiger partial charge in [-0.3, -0.25) is 19.4 Å². The number of nitrogens with one attached hydrogen (secondary N) is 3. The second-order valence-corrected chi connectivity index (χ2v) is 11.9. The Balaban J connectivity index is 1.90. The van der Waals surface area contributed by atoms with Crippen LogP contribution in [-0.4, -0.2) is 45.0 Å². The molecule has 0 unspecified atom stereocenters. The lowest BCUT2D eigenvalue weighted by Crippen LogP contribution is -2.38. The van der Waals surface area contributed by atoms with E-state index in [4.69, 9.17) is 10.5 Å². The number of benzene rings is 2. The topological polar surface area (TPSA) is 129 Å². The van der Waals surface area contributed by atoms with Crippen LogP contribution in [0.5, 0.6) is 5.75 Å². The maximum absolute atomic E-state index is 13.4. The highest BCUT2D eigenvalue weighted by Gasteiger charge is 2.38. The molecule has 0 saturated carbocycles. The van der Waals surface area contributed by atoms with E-state index < -0.39 is 0 Å². The lowest BCUT2D eigenvalue weighted by atomic mass is 9.86. The van der Waals surface area contributed by atoms with Gasteiger partial charge in [0.15, 0.2) is 0 Å². The van der Waals surface area contributed by atoms with Crippen LogP contribution in [0.1, 0.15) is 63.0 Å². The van der Waals surface area contributed by atoms with Crippen LogP contribution in [0.15, 0.2) is 42.2 Å². The van der Waals surface area contributed by atoms with Crippen molar-refractivity contribution in [3.63, 3.8) is 0 Å². The predicted molar refractivity (Wildman–Crippen MR) is 159 cm³/mol. The van der Waals surface area contributed by atoms with E-state index >= 15 is 0 Å². The minimum absolute atomic E-state index is 0.0259. The second-order valence-electron chi connectivity index (χ2n) is 11.9. The molecule has 40 heavy (non-hydrogen) atoms. The third kappa shape index (κ3) is 6.74. The Hall–Kier alpha value is -4.05. The number of nitrogens with zero attached hydrogens (tertiary/aromatic N) is 2. The minimum atomic E-state index is -0.378. The third-order valence-corrected chi connectivity index (χ3v) is 6.80. The highest BCUT2D eigenvalue weighted by molar-refractivity contribution is 6.06. The molecule has 0 aromatic heterocycles. The number of methoxy groups -OCH3 is 1. The largest absolute Gasteiger partial charge is 0.494 e. The van der Waals surface area contributed by atoms with Crippen molar-refractivity contribution in [3.05, 3.63) is 58.9 Å². The average Bonchev–Trinajstić information content (AvgIpc) is 3.15. The van der Waals surface area contributed by atoms with Gasteiger partial charge in [-0.15, -0.1) is 0 Å². The van der Waals surface area contributed by atoms with Crippen LogP contribution in [0.2, 0.25) is 0 Å². The molecule has 10 nitrogen and oxygen atoms in total. The van der Waals surface area contributed by atoms with E-state index in [1.165, 1.54) is 20.2 Å². The lowest BCUT2D eigenvalue weighted by Gasteiger charge is -2.23. The summed E-state index contributed by atoms with van der Waals surface area (Å²) in [6, 6.07) is 8.95. The molecule has 10 heteroatoms. The van der Waals surface area contributed by atoms with Gasteiger partial charge < -0.3 is 26.0 Å². The van der Waals surface area contributed by atoms with Crippen molar-refractivity contribution in [1.82, 2.24) is 10.7 Å². The van der Waals surface area contributed by atoms with E-state index in [0.29, 0.717) is 35.8 Å². The van der Waals surface area contributed by atoms with Gasteiger partial charge in [-0.05, 0) is 41.7 Å². The normalized spacial score (nSPS) is 14.4. The summed E-state index contributed by atoms with van der Waals surface area (Å²) >= 11 is 0. The van der Waals surface area contributed by atoms with Crippen molar-refractivity contribution < 1.29 is 19.1 Å². The smallest absolute Gasteiger partial charge is 0.268 e. The molecule has 0 spiro atoms. The van der Waals surface area contributed by atoms with Crippen molar-refractivity contribution >= 4 is 34.8 Å². The molecule has 2 aromatic carbocycles. The molecular formula is C30H42N6O4. The number of rotatable bonds is 8. The average molecular weight is 551 g/mol. The monoisotopic (exact) mass is 550 g/mol. The molecule has 5 N–H and O–H groups in total.